The van der Waals surface area contributed by atoms with Crippen molar-refractivity contribution in [1.82, 2.24) is 9.62 Å². The van der Waals surface area contributed by atoms with Crippen molar-refractivity contribution < 1.29 is 22.9 Å². The number of carbonyl (C=O) groups excluding carboxylic acids is 2. The van der Waals surface area contributed by atoms with E-state index in [4.69, 9.17) is 0 Å². The highest BCUT2D eigenvalue weighted by Gasteiger charge is 2.25. The van der Waals surface area contributed by atoms with Crippen molar-refractivity contribution in [2.75, 3.05) is 50.8 Å². The summed E-state index contributed by atoms with van der Waals surface area (Å²) in [6.45, 7) is 5.42. The molecule has 0 saturated carbocycles. The van der Waals surface area contributed by atoms with Crippen LogP contribution in [0.1, 0.15) is 12.5 Å². The van der Waals surface area contributed by atoms with E-state index < -0.39 is 21.8 Å². The number of amides is 2. The minimum atomic E-state index is -3.13. The van der Waals surface area contributed by atoms with Crippen LogP contribution in [0.15, 0.2) is 24.3 Å². The fraction of sp³-hybridized carbons (Fsp3) is 0.529. The first-order chi connectivity index (χ1) is 12.3. The molecule has 0 spiro atoms. The Morgan fingerprint density at radius 2 is 1.73 bits per heavy atom. The van der Waals surface area contributed by atoms with Gasteiger partial charge in [0.25, 0.3) is 0 Å². The van der Waals surface area contributed by atoms with Crippen LogP contribution in [0.4, 0.5) is 5.69 Å². The minimum absolute atomic E-state index is 0.370. The molecular weight excluding hydrogens is 356 g/mol. The number of aryl methyl sites for hydroxylation is 1. The van der Waals surface area contributed by atoms with Crippen LogP contribution >= 0.6 is 0 Å². The SMILES string of the molecule is CCc1ccc(NC(=O)C(=O)NCC[NH+]2CCN(S(C)(=O)=O)CC2)cc1. The van der Waals surface area contributed by atoms with E-state index in [1.807, 2.05) is 19.1 Å². The van der Waals surface area contributed by atoms with Crippen LogP contribution in [0.2, 0.25) is 0 Å². The van der Waals surface area contributed by atoms with Crippen LogP contribution in [0.25, 0.3) is 0 Å². The summed E-state index contributed by atoms with van der Waals surface area (Å²) < 4.78 is 24.4. The normalized spacial score (nSPS) is 16.2. The van der Waals surface area contributed by atoms with Gasteiger partial charge in [0.15, 0.2) is 0 Å². The van der Waals surface area contributed by atoms with Gasteiger partial charge in [-0.15, -0.1) is 0 Å². The molecule has 0 aromatic heterocycles. The molecule has 1 heterocycles. The third-order valence-corrected chi connectivity index (χ3v) is 5.79. The molecule has 1 aliphatic rings. The summed E-state index contributed by atoms with van der Waals surface area (Å²) in [4.78, 5) is 25.0. The number of nitrogens with zero attached hydrogens (tertiary/aromatic N) is 1. The summed E-state index contributed by atoms with van der Waals surface area (Å²) in [5.74, 6) is -1.36. The Balaban J connectivity index is 1.69. The molecule has 0 radical (unpaired) electrons. The van der Waals surface area contributed by atoms with Crippen LogP contribution in [0.3, 0.4) is 0 Å². The molecule has 1 saturated heterocycles. The van der Waals surface area contributed by atoms with Gasteiger partial charge in [0.1, 0.15) is 0 Å². The minimum Gasteiger partial charge on any atom is -0.342 e. The summed E-state index contributed by atoms with van der Waals surface area (Å²) in [6, 6.07) is 7.37. The molecule has 3 N–H and O–H groups in total. The molecule has 0 bridgehead atoms. The highest BCUT2D eigenvalue weighted by molar-refractivity contribution is 7.88. The number of hydrogen-bond acceptors (Lipinski definition) is 4. The second-order valence-electron chi connectivity index (χ2n) is 6.42. The fourth-order valence-corrected chi connectivity index (χ4v) is 3.67. The van der Waals surface area contributed by atoms with Crippen LogP contribution in [-0.4, -0.2) is 70.1 Å². The molecule has 0 aliphatic carbocycles. The lowest BCUT2D eigenvalue weighted by molar-refractivity contribution is -0.902. The Morgan fingerprint density at radius 3 is 2.27 bits per heavy atom. The van der Waals surface area contributed by atoms with Crippen LogP contribution < -0.4 is 15.5 Å². The largest absolute Gasteiger partial charge is 0.342 e. The number of piperazine rings is 1. The molecule has 0 atom stereocenters. The van der Waals surface area contributed by atoms with Gasteiger partial charge in [-0.3, -0.25) is 9.59 Å². The van der Waals surface area contributed by atoms with Crippen molar-refractivity contribution >= 4 is 27.5 Å². The highest BCUT2D eigenvalue weighted by atomic mass is 32.2. The average Bonchev–Trinajstić information content (AvgIpc) is 2.62. The van der Waals surface area contributed by atoms with Gasteiger partial charge in [0.05, 0.1) is 45.5 Å². The molecular formula is C17H27N4O4S+. The lowest BCUT2D eigenvalue weighted by Gasteiger charge is -2.30. The lowest BCUT2D eigenvalue weighted by atomic mass is 10.1. The fourth-order valence-electron chi connectivity index (χ4n) is 2.83. The van der Waals surface area contributed by atoms with Gasteiger partial charge in [-0.05, 0) is 24.1 Å². The molecule has 8 nitrogen and oxygen atoms in total. The van der Waals surface area contributed by atoms with E-state index in [0.29, 0.717) is 45.0 Å². The third-order valence-electron chi connectivity index (χ3n) is 4.49. The van der Waals surface area contributed by atoms with E-state index in [1.54, 1.807) is 12.1 Å². The number of rotatable bonds is 6. The van der Waals surface area contributed by atoms with Gasteiger partial charge in [-0.1, -0.05) is 19.1 Å². The molecule has 26 heavy (non-hydrogen) atoms. The van der Waals surface area contributed by atoms with E-state index in [9.17, 15) is 18.0 Å². The topological polar surface area (TPSA) is 100 Å². The summed E-state index contributed by atoms with van der Waals surface area (Å²) >= 11 is 0. The first kappa shape index (κ1) is 20.3. The highest BCUT2D eigenvalue weighted by Crippen LogP contribution is 2.09. The van der Waals surface area contributed by atoms with Gasteiger partial charge in [0.2, 0.25) is 10.0 Å². The molecule has 1 aromatic carbocycles. The number of quaternary nitrogens is 1. The summed E-state index contributed by atoms with van der Waals surface area (Å²) in [5, 5.41) is 5.18. The molecule has 2 rings (SSSR count). The van der Waals surface area contributed by atoms with Crippen molar-refractivity contribution in [1.29, 1.82) is 0 Å². The second-order valence-corrected chi connectivity index (χ2v) is 8.40. The van der Waals surface area contributed by atoms with Crippen molar-refractivity contribution in [2.45, 2.75) is 13.3 Å². The third kappa shape index (κ3) is 6.08. The number of nitrogens with one attached hydrogen (secondary N) is 3. The van der Waals surface area contributed by atoms with Crippen molar-refractivity contribution in [3.8, 4) is 0 Å². The van der Waals surface area contributed by atoms with Crippen LogP contribution in [-0.2, 0) is 26.0 Å². The number of benzene rings is 1. The van der Waals surface area contributed by atoms with Gasteiger partial charge < -0.3 is 15.5 Å². The van der Waals surface area contributed by atoms with Gasteiger partial charge in [0, 0.05) is 5.69 Å². The first-order valence-electron chi connectivity index (χ1n) is 8.76. The van der Waals surface area contributed by atoms with E-state index >= 15 is 0 Å². The Hall–Kier alpha value is -1.97. The Bertz CT molecular complexity index is 726. The van der Waals surface area contributed by atoms with Gasteiger partial charge in [-0.25, -0.2) is 8.42 Å². The van der Waals surface area contributed by atoms with Crippen LogP contribution in [0.5, 0.6) is 0 Å². The van der Waals surface area contributed by atoms with E-state index in [0.717, 1.165) is 12.0 Å². The molecule has 144 valence electrons. The zero-order chi connectivity index (χ0) is 19.2. The maximum atomic E-state index is 11.9. The first-order valence-corrected chi connectivity index (χ1v) is 10.6. The lowest BCUT2D eigenvalue weighted by Crippen LogP contribution is -3.15. The summed E-state index contributed by atoms with van der Waals surface area (Å²) in [6.07, 6.45) is 2.13. The molecule has 1 aliphatic heterocycles. The number of hydrogen-bond donors (Lipinski definition) is 3. The zero-order valence-corrected chi connectivity index (χ0v) is 16.1. The number of sulfonamides is 1. The molecule has 1 fully saturated rings. The Labute approximate surface area is 154 Å². The smallest absolute Gasteiger partial charge is 0.313 e. The quantitative estimate of drug-likeness (QED) is 0.519. The van der Waals surface area contributed by atoms with E-state index in [1.165, 1.54) is 15.5 Å². The van der Waals surface area contributed by atoms with Crippen molar-refractivity contribution in [2.24, 2.45) is 0 Å². The van der Waals surface area contributed by atoms with Crippen molar-refractivity contribution in [3.63, 3.8) is 0 Å². The van der Waals surface area contributed by atoms with E-state index in [-0.39, 0.29) is 0 Å². The van der Waals surface area contributed by atoms with Gasteiger partial charge >= 0.3 is 11.8 Å². The number of carbonyl (C=O) groups is 2. The standard InChI is InChI=1S/C17H26N4O4S/c1-3-14-4-6-15(7-5-14)19-17(23)16(22)18-8-9-20-10-12-21(13-11-20)26(2,24)25/h4-7H,3,8-13H2,1-2H3,(H,18,22)(H,19,23)/p+1. The zero-order valence-electron chi connectivity index (χ0n) is 15.2. The summed E-state index contributed by atoms with van der Waals surface area (Å²) in [7, 11) is -3.13. The summed E-state index contributed by atoms with van der Waals surface area (Å²) in [5.41, 5.74) is 1.75. The molecule has 1 aromatic rings. The predicted octanol–water partition coefficient (Wildman–Crippen LogP) is -1.54. The molecule has 0 unspecified atom stereocenters. The maximum absolute atomic E-state index is 11.9. The maximum Gasteiger partial charge on any atom is 0.313 e. The average molecular weight is 383 g/mol. The molecule has 2 amide bonds. The second kappa shape index (κ2) is 9.11. The van der Waals surface area contributed by atoms with Crippen molar-refractivity contribution in [3.05, 3.63) is 29.8 Å². The van der Waals surface area contributed by atoms with Gasteiger partial charge in [-0.2, -0.15) is 4.31 Å². The van der Waals surface area contributed by atoms with E-state index in [2.05, 4.69) is 10.6 Å². The predicted molar refractivity (Wildman–Crippen MR) is 99.4 cm³/mol. The number of anilines is 1. The Morgan fingerprint density at radius 1 is 1.12 bits per heavy atom. The Kier molecular flexibility index (Phi) is 7.13. The van der Waals surface area contributed by atoms with Crippen LogP contribution in [0, 0.1) is 0 Å². The molecule has 9 heteroatoms. The monoisotopic (exact) mass is 383 g/mol.